The summed E-state index contributed by atoms with van der Waals surface area (Å²) in [6, 6.07) is 18.0. The molecule has 4 atom stereocenters. The Morgan fingerprint density at radius 3 is 2.38 bits per heavy atom. The average molecular weight is 513 g/mol. The molecule has 37 heavy (non-hydrogen) atoms. The minimum absolute atomic E-state index is 0.0876. The minimum atomic E-state index is -0.548. The molecule has 1 saturated heterocycles. The van der Waals surface area contributed by atoms with Gasteiger partial charge >= 0.3 is 0 Å². The van der Waals surface area contributed by atoms with E-state index in [1.165, 1.54) is 0 Å². The van der Waals surface area contributed by atoms with Crippen molar-refractivity contribution in [2.75, 3.05) is 20.3 Å². The molecule has 3 rings (SSSR count). The van der Waals surface area contributed by atoms with Crippen LogP contribution in [0.25, 0.3) is 0 Å². The van der Waals surface area contributed by atoms with Gasteiger partial charge in [0.15, 0.2) is 5.79 Å². The van der Waals surface area contributed by atoms with Gasteiger partial charge in [0.05, 0.1) is 39.1 Å². The Hall–Kier alpha value is -2.22. The van der Waals surface area contributed by atoms with Gasteiger partial charge in [0.2, 0.25) is 0 Å². The van der Waals surface area contributed by atoms with Gasteiger partial charge in [-0.2, -0.15) is 0 Å². The Morgan fingerprint density at radius 1 is 1.03 bits per heavy atom. The van der Waals surface area contributed by atoms with Crippen LogP contribution in [0.4, 0.5) is 0 Å². The molecule has 0 saturated carbocycles. The smallest absolute Gasteiger partial charge is 0.168 e. The fourth-order valence-electron chi connectivity index (χ4n) is 4.38. The van der Waals surface area contributed by atoms with E-state index in [1.54, 1.807) is 7.11 Å². The Kier molecular flexibility index (Phi) is 12.1. The lowest BCUT2D eigenvalue weighted by atomic mass is 10.00. The SMILES string of the molecule is CCC1(CC)OC[C@H]([C@@H](C/C=C/[C@H](O)[C@H](C)CCOCc2ccccc2)OCc2ccc(OC)cc2)O1. The van der Waals surface area contributed by atoms with Gasteiger partial charge in [-0.1, -0.05) is 75.4 Å². The van der Waals surface area contributed by atoms with Gasteiger partial charge in [0.1, 0.15) is 11.9 Å². The van der Waals surface area contributed by atoms with Gasteiger partial charge in [-0.05, 0) is 54.9 Å². The molecule has 2 aromatic carbocycles. The summed E-state index contributed by atoms with van der Waals surface area (Å²) in [5, 5.41) is 10.7. The van der Waals surface area contributed by atoms with Crippen molar-refractivity contribution in [3.63, 3.8) is 0 Å². The van der Waals surface area contributed by atoms with Gasteiger partial charge < -0.3 is 28.8 Å². The van der Waals surface area contributed by atoms with Crippen molar-refractivity contribution in [2.45, 2.75) is 83.8 Å². The maximum absolute atomic E-state index is 10.7. The van der Waals surface area contributed by atoms with E-state index in [2.05, 4.69) is 26.0 Å². The molecule has 1 heterocycles. The van der Waals surface area contributed by atoms with E-state index in [0.717, 1.165) is 36.1 Å². The molecule has 0 radical (unpaired) electrons. The predicted octanol–water partition coefficient (Wildman–Crippen LogP) is 6.06. The van der Waals surface area contributed by atoms with Crippen LogP contribution in [-0.2, 0) is 32.2 Å². The molecule has 1 aliphatic rings. The van der Waals surface area contributed by atoms with Gasteiger partial charge in [0.25, 0.3) is 0 Å². The van der Waals surface area contributed by atoms with E-state index in [4.69, 9.17) is 23.7 Å². The van der Waals surface area contributed by atoms with E-state index in [9.17, 15) is 5.11 Å². The highest BCUT2D eigenvalue weighted by molar-refractivity contribution is 5.26. The molecule has 1 aliphatic heterocycles. The van der Waals surface area contributed by atoms with Gasteiger partial charge in [-0.3, -0.25) is 0 Å². The van der Waals surface area contributed by atoms with Crippen LogP contribution in [0.5, 0.6) is 5.75 Å². The number of ether oxygens (including phenoxy) is 5. The molecule has 204 valence electrons. The third kappa shape index (κ3) is 9.24. The lowest BCUT2D eigenvalue weighted by Crippen LogP contribution is -2.34. The molecule has 2 aromatic rings. The zero-order valence-electron chi connectivity index (χ0n) is 22.8. The lowest BCUT2D eigenvalue weighted by molar-refractivity contribution is -0.185. The number of hydrogen-bond acceptors (Lipinski definition) is 6. The molecule has 0 spiro atoms. The van der Waals surface area contributed by atoms with Crippen LogP contribution in [0.1, 0.15) is 57.6 Å². The lowest BCUT2D eigenvalue weighted by Gasteiger charge is -2.27. The molecule has 6 nitrogen and oxygen atoms in total. The molecule has 0 bridgehead atoms. The highest BCUT2D eigenvalue weighted by Crippen LogP contribution is 2.33. The Labute approximate surface area is 222 Å². The molecular weight excluding hydrogens is 468 g/mol. The van der Waals surface area contributed by atoms with E-state index in [1.807, 2.05) is 61.5 Å². The molecule has 0 unspecified atom stereocenters. The monoisotopic (exact) mass is 512 g/mol. The number of benzene rings is 2. The second-order valence-electron chi connectivity index (χ2n) is 9.74. The van der Waals surface area contributed by atoms with Crippen LogP contribution in [-0.4, -0.2) is 49.5 Å². The third-order valence-electron chi connectivity index (χ3n) is 7.11. The van der Waals surface area contributed by atoms with E-state index < -0.39 is 11.9 Å². The molecule has 1 fully saturated rings. The zero-order valence-corrected chi connectivity index (χ0v) is 22.8. The van der Waals surface area contributed by atoms with E-state index in [0.29, 0.717) is 32.8 Å². The molecule has 0 aliphatic carbocycles. The first kappa shape index (κ1) is 29.3. The summed E-state index contributed by atoms with van der Waals surface area (Å²) >= 11 is 0. The first-order chi connectivity index (χ1) is 18.0. The van der Waals surface area contributed by atoms with Crippen LogP contribution < -0.4 is 4.74 Å². The van der Waals surface area contributed by atoms with Crippen LogP contribution in [0.15, 0.2) is 66.7 Å². The van der Waals surface area contributed by atoms with Crippen LogP contribution in [0.2, 0.25) is 0 Å². The summed E-state index contributed by atoms with van der Waals surface area (Å²) in [5.41, 5.74) is 2.22. The largest absolute Gasteiger partial charge is 0.497 e. The predicted molar refractivity (Wildman–Crippen MR) is 145 cm³/mol. The highest BCUT2D eigenvalue weighted by atomic mass is 16.8. The van der Waals surface area contributed by atoms with Gasteiger partial charge in [0, 0.05) is 6.61 Å². The van der Waals surface area contributed by atoms with E-state index in [-0.39, 0.29) is 18.1 Å². The van der Waals surface area contributed by atoms with Crippen molar-refractivity contribution in [2.24, 2.45) is 5.92 Å². The Balaban J connectivity index is 1.51. The maximum atomic E-state index is 10.7. The number of aliphatic hydroxyl groups is 1. The van der Waals surface area contributed by atoms with Crippen molar-refractivity contribution in [1.82, 2.24) is 0 Å². The average Bonchev–Trinajstić information content (AvgIpc) is 3.38. The van der Waals surface area contributed by atoms with Crippen molar-refractivity contribution >= 4 is 0 Å². The van der Waals surface area contributed by atoms with Gasteiger partial charge in [-0.25, -0.2) is 0 Å². The molecular formula is C31H44O6. The second kappa shape index (κ2) is 15.3. The molecule has 1 N–H and O–H groups in total. The fourth-order valence-corrected chi connectivity index (χ4v) is 4.38. The first-order valence-electron chi connectivity index (χ1n) is 13.5. The number of methoxy groups -OCH3 is 1. The fraction of sp³-hybridized carbons (Fsp3) is 0.548. The summed E-state index contributed by atoms with van der Waals surface area (Å²) in [5.74, 6) is 0.369. The zero-order chi connectivity index (χ0) is 26.5. The summed E-state index contributed by atoms with van der Waals surface area (Å²) in [6.07, 6.45) is 5.98. The Bertz CT molecular complexity index is 909. The summed E-state index contributed by atoms with van der Waals surface area (Å²) < 4.78 is 29.8. The minimum Gasteiger partial charge on any atom is -0.497 e. The third-order valence-corrected chi connectivity index (χ3v) is 7.11. The van der Waals surface area contributed by atoms with Crippen LogP contribution in [0, 0.1) is 5.92 Å². The maximum Gasteiger partial charge on any atom is 0.168 e. The summed E-state index contributed by atoms with van der Waals surface area (Å²) in [6.45, 7) is 8.38. The van der Waals surface area contributed by atoms with Crippen molar-refractivity contribution in [3.8, 4) is 5.75 Å². The summed E-state index contributed by atoms with van der Waals surface area (Å²) in [7, 11) is 1.66. The van der Waals surface area contributed by atoms with Crippen molar-refractivity contribution in [3.05, 3.63) is 77.9 Å². The van der Waals surface area contributed by atoms with E-state index >= 15 is 0 Å². The van der Waals surface area contributed by atoms with Gasteiger partial charge in [-0.15, -0.1) is 0 Å². The first-order valence-corrected chi connectivity index (χ1v) is 13.5. The number of aliphatic hydroxyl groups excluding tert-OH is 1. The normalized spacial score (nSPS) is 19.6. The number of hydrogen-bond donors (Lipinski definition) is 1. The number of rotatable bonds is 16. The van der Waals surface area contributed by atoms with Crippen LogP contribution in [0.3, 0.4) is 0 Å². The standard InChI is InChI=1S/C31H44O6/c1-5-31(6-2)36-23-30(37-31)29(35-22-26-15-17-27(33-4)18-16-26)14-10-13-28(32)24(3)19-20-34-21-25-11-8-7-9-12-25/h7-13,15-18,24,28-30,32H,5-6,14,19-23H2,1-4H3/b13-10+/t24-,28+,29-,30-/m1/s1. The Morgan fingerprint density at radius 2 is 1.73 bits per heavy atom. The van der Waals surface area contributed by atoms with Crippen molar-refractivity contribution in [1.29, 1.82) is 0 Å². The molecule has 0 amide bonds. The topological polar surface area (TPSA) is 66.4 Å². The second-order valence-corrected chi connectivity index (χ2v) is 9.74. The highest BCUT2D eigenvalue weighted by Gasteiger charge is 2.41. The quantitative estimate of drug-likeness (QED) is 0.218. The molecule has 0 aromatic heterocycles. The van der Waals surface area contributed by atoms with Crippen LogP contribution >= 0.6 is 0 Å². The molecule has 6 heteroatoms. The van der Waals surface area contributed by atoms with Crippen molar-refractivity contribution < 1.29 is 28.8 Å². The summed E-state index contributed by atoms with van der Waals surface area (Å²) in [4.78, 5) is 0.